The van der Waals surface area contributed by atoms with Crippen LogP contribution in [0.25, 0.3) is 0 Å². The van der Waals surface area contributed by atoms with Crippen molar-refractivity contribution in [2.75, 3.05) is 6.61 Å². The van der Waals surface area contributed by atoms with Crippen molar-refractivity contribution in [3.63, 3.8) is 0 Å². The van der Waals surface area contributed by atoms with Crippen LogP contribution < -0.4 is 5.73 Å². The van der Waals surface area contributed by atoms with Crippen LogP contribution in [0.15, 0.2) is 0 Å². The van der Waals surface area contributed by atoms with E-state index in [0.29, 0.717) is 0 Å². The molecule has 0 saturated heterocycles. The van der Waals surface area contributed by atoms with E-state index in [-0.39, 0.29) is 24.8 Å². The molecule has 0 saturated carbocycles. The first-order chi connectivity index (χ1) is 5.04. The van der Waals surface area contributed by atoms with Crippen molar-refractivity contribution >= 4 is 11.8 Å². The number of hydrogen-bond donors (Lipinski definition) is 1. The molecular formula is C7H13NO3. The fraction of sp³-hybridized carbons (Fsp3) is 0.714. The Kier molecular flexibility index (Phi) is 4.45. The first kappa shape index (κ1) is 10.1. The summed E-state index contributed by atoms with van der Waals surface area (Å²) in [7, 11) is 0. The Bertz CT molecular complexity index is 154. The number of carbonyl (C=O) groups excluding carboxylic acids is 2. The number of carbonyl (C=O) groups is 2. The molecule has 0 radical (unpaired) electrons. The summed E-state index contributed by atoms with van der Waals surface area (Å²) in [5.41, 5.74) is 5.26. The summed E-state index contributed by atoms with van der Waals surface area (Å²) in [5.74, 6) is -0.464. The molecule has 0 aliphatic rings. The SMILES string of the molecule is CC(=O)OCCC(=O)C(C)N. The number of hydrogen-bond acceptors (Lipinski definition) is 4. The van der Waals surface area contributed by atoms with Crippen LogP contribution in [0, 0.1) is 0 Å². The van der Waals surface area contributed by atoms with E-state index in [1.807, 2.05) is 0 Å². The Morgan fingerprint density at radius 1 is 1.55 bits per heavy atom. The van der Waals surface area contributed by atoms with Crippen LogP contribution in [0.2, 0.25) is 0 Å². The molecule has 0 heterocycles. The maximum absolute atomic E-state index is 10.8. The lowest BCUT2D eigenvalue weighted by Gasteiger charge is -2.03. The van der Waals surface area contributed by atoms with Crippen molar-refractivity contribution < 1.29 is 14.3 Å². The zero-order valence-corrected chi connectivity index (χ0v) is 6.79. The highest BCUT2D eigenvalue weighted by molar-refractivity contribution is 5.83. The maximum atomic E-state index is 10.8. The molecular weight excluding hydrogens is 146 g/mol. The number of ketones is 1. The van der Waals surface area contributed by atoms with Crippen LogP contribution in [0.1, 0.15) is 20.3 Å². The molecule has 0 rings (SSSR count). The highest BCUT2D eigenvalue weighted by atomic mass is 16.5. The zero-order chi connectivity index (χ0) is 8.85. The fourth-order valence-corrected chi connectivity index (χ4v) is 0.523. The molecule has 0 aromatic rings. The van der Waals surface area contributed by atoms with Crippen molar-refractivity contribution in [1.82, 2.24) is 0 Å². The van der Waals surface area contributed by atoms with Gasteiger partial charge in [-0.15, -0.1) is 0 Å². The molecule has 0 aromatic heterocycles. The van der Waals surface area contributed by atoms with Crippen LogP contribution >= 0.6 is 0 Å². The van der Waals surface area contributed by atoms with E-state index >= 15 is 0 Å². The number of rotatable bonds is 4. The Morgan fingerprint density at radius 3 is 2.45 bits per heavy atom. The summed E-state index contributed by atoms with van der Waals surface area (Å²) >= 11 is 0. The van der Waals surface area contributed by atoms with Gasteiger partial charge in [0.1, 0.15) is 0 Å². The number of ether oxygens (including phenoxy) is 1. The normalized spacial score (nSPS) is 12.3. The van der Waals surface area contributed by atoms with Crippen LogP contribution in [0.3, 0.4) is 0 Å². The van der Waals surface area contributed by atoms with Gasteiger partial charge in [0.25, 0.3) is 0 Å². The number of Topliss-reactive ketones (excluding diaryl/α,β-unsaturated/α-hetero) is 1. The molecule has 4 heteroatoms. The highest BCUT2D eigenvalue weighted by Crippen LogP contribution is 1.89. The Balaban J connectivity index is 3.39. The summed E-state index contributed by atoms with van der Waals surface area (Å²) in [6.45, 7) is 3.04. The zero-order valence-electron chi connectivity index (χ0n) is 6.79. The van der Waals surface area contributed by atoms with E-state index in [1.165, 1.54) is 6.92 Å². The Morgan fingerprint density at radius 2 is 2.09 bits per heavy atom. The largest absolute Gasteiger partial charge is 0.465 e. The van der Waals surface area contributed by atoms with Gasteiger partial charge < -0.3 is 10.5 Å². The van der Waals surface area contributed by atoms with E-state index in [2.05, 4.69) is 4.74 Å². The lowest BCUT2D eigenvalue weighted by Crippen LogP contribution is -2.27. The Hall–Kier alpha value is -0.900. The Labute approximate surface area is 65.7 Å². The van der Waals surface area contributed by atoms with Gasteiger partial charge >= 0.3 is 5.97 Å². The smallest absolute Gasteiger partial charge is 0.302 e. The molecule has 0 aromatic carbocycles. The van der Waals surface area contributed by atoms with E-state index in [0.717, 1.165) is 0 Å². The third kappa shape index (κ3) is 5.54. The van der Waals surface area contributed by atoms with Gasteiger partial charge in [-0.3, -0.25) is 9.59 Å². The summed E-state index contributed by atoms with van der Waals surface area (Å²) in [5, 5.41) is 0. The van der Waals surface area contributed by atoms with Gasteiger partial charge in [-0.1, -0.05) is 0 Å². The van der Waals surface area contributed by atoms with Gasteiger partial charge in [-0.25, -0.2) is 0 Å². The lowest BCUT2D eigenvalue weighted by atomic mass is 10.2. The molecule has 2 N–H and O–H groups in total. The molecule has 0 amide bonds. The monoisotopic (exact) mass is 159 g/mol. The average molecular weight is 159 g/mol. The minimum atomic E-state index is -0.467. The molecule has 0 fully saturated rings. The van der Waals surface area contributed by atoms with E-state index in [9.17, 15) is 9.59 Å². The van der Waals surface area contributed by atoms with Gasteiger partial charge in [0.15, 0.2) is 5.78 Å². The minimum Gasteiger partial charge on any atom is -0.465 e. The third-order valence-electron chi connectivity index (χ3n) is 1.16. The lowest BCUT2D eigenvalue weighted by molar-refractivity contribution is -0.141. The summed E-state index contributed by atoms with van der Waals surface area (Å²) in [6.07, 6.45) is 0.206. The van der Waals surface area contributed by atoms with Crippen LogP contribution in [-0.4, -0.2) is 24.4 Å². The highest BCUT2D eigenvalue weighted by Gasteiger charge is 2.07. The summed E-state index contributed by atoms with van der Waals surface area (Å²) < 4.78 is 4.55. The van der Waals surface area contributed by atoms with Gasteiger partial charge in [0, 0.05) is 13.3 Å². The van der Waals surface area contributed by atoms with Crippen LogP contribution in [0.5, 0.6) is 0 Å². The minimum absolute atomic E-state index is 0.0914. The maximum Gasteiger partial charge on any atom is 0.302 e. The molecule has 0 aliphatic carbocycles. The molecule has 4 nitrogen and oxygen atoms in total. The first-order valence-corrected chi connectivity index (χ1v) is 3.45. The predicted molar refractivity (Wildman–Crippen MR) is 39.9 cm³/mol. The summed E-state index contributed by atoms with van der Waals surface area (Å²) in [6, 6.07) is -0.467. The van der Waals surface area contributed by atoms with Crippen molar-refractivity contribution in [2.24, 2.45) is 5.73 Å². The number of nitrogens with two attached hydrogens (primary N) is 1. The molecule has 1 atom stereocenters. The van der Waals surface area contributed by atoms with Crippen molar-refractivity contribution in [3.05, 3.63) is 0 Å². The third-order valence-corrected chi connectivity index (χ3v) is 1.16. The molecule has 1 unspecified atom stereocenters. The second-order valence-electron chi connectivity index (χ2n) is 2.35. The summed E-state index contributed by atoms with van der Waals surface area (Å²) in [4.78, 5) is 21.0. The average Bonchev–Trinajstić information content (AvgIpc) is 1.86. The van der Waals surface area contributed by atoms with Crippen molar-refractivity contribution in [3.8, 4) is 0 Å². The second-order valence-corrected chi connectivity index (χ2v) is 2.35. The topological polar surface area (TPSA) is 69.4 Å². The van der Waals surface area contributed by atoms with Gasteiger partial charge in [-0.05, 0) is 6.92 Å². The molecule has 0 spiro atoms. The molecule has 0 bridgehead atoms. The molecule has 0 aliphatic heterocycles. The number of esters is 1. The van der Waals surface area contributed by atoms with Crippen molar-refractivity contribution in [1.29, 1.82) is 0 Å². The van der Waals surface area contributed by atoms with Gasteiger partial charge in [0.2, 0.25) is 0 Å². The van der Waals surface area contributed by atoms with Crippen LogP contribution in [0.4, 0.5) is 0 Å². The van der Waals surface area contributed by atoms with Gasteiger partial charge in [0.05, 0.1) is 12.6 Å². The second kappa shape index (κ2) is 4.85. The van der Waals surface area contributed by atoms with E-state index in [1.54, 1.807) is 6.92 Å². The van der Waals surface area contributed by atoms with E-state index < -0.39 is 6.04 Å². The quantitative estimate of drug-likeness (QED) is 0.579. The molecule has 64 valence electrons. The predicted octanol–water partition coefficient (Wildman–Crippen LogP) is -0.144. The standard InChI is InChI=1S/C7H13NO3/c1-5(8)7(10)3-4-11-6(2)9/h5H,3-4,8H2,1-2H3. The molecule has 11 heavy (non-hydrogen) atoms. The van der Waals surface area contributed by atoms with Crippen molar-refractivity contribution in [2.45, 2.75) is 26.3 Å². The first-order valence-electron chi connectivity index (χ1n) is 3.45. The van der Waals surface area contributed by atoms with Crippen LogP contribution in [-0.2, 0) is 14.3 Å². The van der Waals surface area contributed by atoms with E-state index in [4.69, 9.17) is 5.73 Å². The van der Waals surface area contributed by atoms with Gasteiger partial charge in [-0.2, -0.15) is 0 Å². The fourth-order valence-electron chi connectivity index (χ4n) is 0.523.